The molecule has 2 fully saturated rings. The Morgan fingerprint density at radius 2 is 1.68 bits per heavy atom. The molecule has 0 radical (unpaired) electrons. The number of hydrogen-bond donors (Lipinski definition) is 5. The molecule has 2 amide bonds. The second-order valence-electron chi connectivity index (χ2n) is 12.6. The average Bonchev–Trinajstić information content (AvgIpc) is 3.00. The van der Waals surface area contributed by atoms with Gasteiger partial charge in [0, 0.05) is 13.1 Å². The molecule has 1 saturated heterocycles. The number of morpholine rings is 1. The van der Waals surface area contributed by atoms with Gasteiger partial charge in [0.1, 0.15) is 12.1 Å². The lowest BCUT2D eigenvalue weighted by Crippen LogP contribution is -2.56. The van der Waals surface area contributed by atoms with Gasteiger partial charge in [-0.2, -0.15) is 17.4 Å². The summed E-state index contributed by atoms with van der Waals surface area (Å²) in [5, 5.41) is 27.5. The first kappa shape index (κ1) is 36.1. The molecule has 0 bridgehead atoms. The Bertz CT molecular complexity index is 1140. The van der Waals surface area contributed by atoms with Gasteiger partial charge in [0.25, 0.3) is 10.2 Å². The molecule has 1 aliphatic carbocycles. The number of aliphatic hydroxyl groups excluding tert-OH is 2. The van der Waals surface area contributed by atoms with Gasteiger partial charge in [-0.3, -0.25) is 9.59 Å². The highest BCUT2D eigenvalue weighted by atomic mass is 32.2. The van der Waals surface area contributed by atoms with Crippen LogP contribution in [-0.2, 0) is 31.0 Å². The zero-order valence-electron chi connectivity index (χ0n) is 26.2. The number of carbonyl (C=O) groups is 2. The summed E-state index contributed by atoms with van der Waals surface area (Å²) in [5.41, 5.74) is 1.33. The van der Waals surface area contributed by atoms with Crippen molar-refractivity contribution < 1.29 is 33.0 Å². The molecule has 1 aliphatic heterocycles. The predicted octanol–water partition coefficient (Wildman–Crippen LogP) is 1.91. The maximum atomic E-state index is 13.4. The quantitative estimate of drug-likeness (QED) is 0.164. The van der Waals surface area contributed by atoms with E-state index >= 15 is 0 Å². The Hall–Kier alpha value is -2.35. The molecule has 44 heavy (non-hydrogen) atoms. The molecule has 1 unspecified atom stereocenters. The Morgan fingerprint density at radius 1 is 1.05 bits per heavy atom. The van der Waals surface area contributed by atoms with E-state index in [-0.39, 0.29) is 44.6 Å². The van der Waals surface area contributed by atoms with Crippen molar-refractivity contribution in [1.29, 1.82) is 0 Å². The van der Waals surface area contributed by atoms with E-state index in [4.69, 9.17) is 4.74 Å². The SMILES string of the molecule is C=CCC(NC(=O)CNS(=O)(=O)N1CCOCC1)C(=O)N[C@@H](CC1CCC(Cc2ccccc2)CC1)[C@@H](O)[C@@H](O)CC(C)C. The van der Waals surface area contributed by atoms with Crippen molar-refractivity contribution in [3.63, 3.8) is 0 Å². The molecule has 1 heterocycles. The van der Waals surface area contributed by atoms with Crippen LogP contribution in [0.3, 0.4) is 0 Å². The summed E-state index contributed by atoms with van der Waals surface area (Å²) in [4.78, 5) is 26.2. The summed E-state index contributed by atoms with van der Waals surface area (Å²) < 4.78 is 33.7. The molecule has 0 spiro atoms. The highest BCUT2D eigenvalue weighted by Gasteiger charge is 2.34. The van der Waals surface area contributed by atoms with Gasteiger partial charge in [0.15, 0.2) is 0 Å². The number of nitrogens with zero attached hydrogens (tertiary/aromatic N) is 1. The second-order valence-corrected chi connectivity index (χ2v) is 14.4. The first-order chi connectivity index (χ1) is 21.0. The average molecular weight is 637 g/mol. The molecule has 248 valence electrons. The van der Waals surface area contributed by atoms with E-state index in [0.717, 1.165) is 32.1 Å². The smallest absolute Gasteiger partial charge is 0.280 e. The number of rotatable bonds is 17. The van der Waals surface area contributed by atoms with Crippen LogP contribution in [0.2, 0.25) is 0 Å². The molecular formula is C32H52N4O7S. The number of nitrogens with one attached hydrogen (secondary N) is 3. The molecule has 11 nitrogen and oxygen atoms in total. The van der Waals surface area contributed by atoms with Crippen molar-refractivity contribution in [3.8, 4) is 0 Å². The minimum Gasteiger partial charge on any atom is -0.390 e. The van der Waals surface area contributed by atoms with Crippen LogP contribution in [0.15, 0.2) is 43.0 Å². The molecular weight excluding hydrogens is 584 g/mol. The lowest BCUT2D eigenvalue weighted by Gasteiger charge is -2.35. The summed E-state index contributed by atoms with van der Waals surface area (Å²) in [6, 6.07) is 8.71. The fraction of sp³-hybridized carbons (Fsp3) is 0.688. The standard InChI is InChI=1S/C32H52N4O7S/c1-4-8-27(34-30(38)22-33-44(41,42)36-15-17-43-18-16-36)32(40)35-28(31(39)29(37)19-23(2)3)21-26-13-11-25(12-14-26)20-24-9-6-5-7-10-24/h4-7,9-10,23,25-29,31,33,37,39H,1,8,11-22H2,2-3H3,(H,34,38)(H,35,40)/t25?,26?,27?,28-,29-,31+/m0/s1. The zero-order chi connectivity index (χ0) is 32.1. The Kier molecular flexibility index (Phi) is 14.7. The van der Waals surface area contributed by atoms with Gasteiger partial charge in [0.2, 0.25) is 11.8 Å². The summed E-state index contributed by atoms with van der Waals surface area (Å²) >= 11 is 0. The molecule has 1 aromatic carbocycles. The lowest BCUT2D eigenvalue weighted by atomic mass is 9.76. The van der Waals surface area contributed by atoms with E-state index in [1.165, 1.54) is 15.9 Å². The highest BCUT2D eigenvalue weighted by molar-refractivity contribution is 7.87. The molecule has 2 aliphatic rings. The fourth-order valence-corrected chi connectivity index (χ4v) is 7.24. The van der Waals surface area contributed by atoms with Crippen LogP contribution in [0.25, 0.3) is 0 Å². The van der Waals surface area contributed by atoms with Gasteiger partial charge in [-0.25, -0.2) is 0 Å². The number of hydrogen-bond acceptors (Lipinski definition) is 7. The van der Waals surface area contributed by atoms with Crippen molar-refractivity contribution >= 4 is 22.0 Å². The van der Waals surface area contributed by atoms with Crippen molar-refractivity contribution in [2.75, 3.05) is 32.8 Å². The minimum absolute atomic E-state index is 0.107. The summed E-state index contributed by atoms with van der Waals surface area (Å²) in [6.45, 7) is 8.02. The first-order valence-electron chi connectivity index (χ1n) is 15.9. The maximum absolute atomic E-state index is 13.4. The third-order valence-electron chi connectivity index (χ3n) is 8.55. The highest BCUT2D eigenvalue weighted by Crippen LogP contribution is 2.34. The minimum atomic E-state index is -3.87. The van der Waals surface area contributed by atoms with Crippen LogP contribution >= 0.6 is 0 Å². The van der Waals surface area contributed by atoms with Crippen molar-refractivity contribution in [2.45, 2.75) is 89.5 Å². The van der Waals surface area contributed by atoms with Gasteiger partial charge in [-0.15, -0.1) is 6.58 Å². The zero-order valence-corrected chi connectivity index (χ0v) is 27.0. The second kappa shape index (κ2) is 18.0. The van der Waals surface area contributed by atoms with Crippen LogP contribution in [0.4, 0.5) is 0 Å². The topological polar surface area (TPSA) is 157 Å². The van der Waals surface area contributed by atoms with Crippen LogP contribution in [-0.4, -0.2) is 91.9 Å². The molecule has 1 saturated carbocycles. The van der Waals surface area contributed by atoms with Gasteiger partial charge in [0.05, 0.1) is 31.9 Å². The summed E-state index contributed by atoms with van der Waals surface area (Å²) in [5.74, 6) is -0.176. The molecule has 5 N–H and O–H groups in total. The number of benzene rings is 1. The van der Waals surface area contributed by atoms with E-state index in [2.05, 4.69) is 46.2 Å². The van der Waals surface area contributed by atoms with E-state index < -0.39 is 52.9 Å². The Labute approximate surface area is 263 Å². The van der Waals surface area contributed by atoms with Crippen molar-refractivity contribution in [2.24, 2.45) is 17.8 Å². The van der Waals surface area contributed by atoms with Crippen molar-refractivity contribution in [1.82, 2.24) is 19.7 Å². The third kappa shape index (κ3) is 11.9. The predicted molar refractivity (Wildman–Crippen MR) is 170 cm³/mol. The largest absolute Gasteiger partial charge is 0.390 e. The van der Waals surface area contributed by atoms with Gasteiger partial charge in [-0.1, -0.05) is 63.1 Å². The first-order valence-corrected chi connectivity index (χ1v) is 17.4. The van der Waals surface area contributed by atoms with Crippen LogP contribution in [0.1, 0.15) is 64.4 Å². The van der Waals surface area contributed by atoms with Gasteiger partial charge < -0.3 is 25.6 Å². The Morgan fingerprint density at radius 3 is 2.30 bits per heavy atom. The molecule has 12 heteroatoms. The van der Waals surface area contributed by atoms with E-state index in [1.54, 1.807) is 0 Å². The number of amides is 2. The van der Waals surface area contributed by atoms with E-state index in [9.17, 15) is 28.2 Å². The summed E-state index contributed by atoms with van der Waals surface area (Å²) in [6.07, 6.45) is 5.38. The molecule has 0 aromatic heterocycles. The van der Waals surface area contributed by atoms with Crippen LogP contribution < -0.4 is 15.4 Å². The fourth-order valence-electron chi connectivity index (χ4n) is 6.11. The van der Waals surface area contributed by atoms with Crippen molar-refractivity contribution in [3.05, 3.63) is 48.6 Å². The Balaban J connectivity index is 1.60. The van der Waals surface area contributed by atoms with Crippen LogP contribution in [0.5, 0.6) is 0 Å². The summed E-state index contributed by atoms with van der Waals surface area (Å²) in [7, 11) is -3.87. The number of carbonyl (C=O) groups excluding carboxylic acids is 2. The van der Waals surface area contributed by atoms with E-state index in [0.29, 0.717) is 18.8 Å². The maximum Gasteiger partial charge on any atom is 0.280 e. The third-order valence-corrected chi connectivity index (χ3v) is 10.1. The van der Waals surface area contributed by atoms with Gasteiger partial charge in [-0.05, 0) is 61.8 Å². The number of ether oxygens (including phenoxy) is 1. The molecule has 4 atom stereocenters. The van der Waals surface area contributed by atoms with Crippen LogP contribution in [0, 0.1) is 17.8 Å². The van der Waals surface area contributed by atoms with Gasteiger partial charge >= 0.3 is 0 Å². The molecule has 3 rings (SSSR count). The lowest BCUT2D eigenvalue weighted by molar-refractivity contribution is -0.130. The molecule has 1 aromatic rings. The number of aliphatic hydroxyl groups is 2. The normalized spacial score (nSPS) is 22.5. The van der Waals surface area contributed by atoms with E-state index in [1.807, 2.05) is 19.9 Å². The monoisotopic (exact) mass is 636 g/mol.